The summed E-state index contributed by atoms with van der Waals surface area (Å²) in [6, 6.07) is 7.52. The highest BCUT2D eigenvalue weighted by Crippen LogP contribution is 2.38. The van der Waals surface area contributed by atoms with Gasteiger partial charge in [-0.3, -0.25) is 4.79 Å². The molecule has 0 spiro atoms. The Morgan fingerprint density at radius 3 is 2.64 bits per heavy atom. The molecule has 1 aliphatic carbocycles. The topological polar surface area (TPSA) is 58.1 Å². The van der Waals surface area contributed by atoms with Gasteiger partial charge < -0.3 is 10.2 Å². The lowest BCUT2D eigenvalue weighted by Crippen LogP contribution is -2.21. The van der Waals surface area contributed by atoms with Gasteiger partial charge in [0.2, 0.25) is 0 Å². The number of thiophene rings is 1. The number of nitrogens with zero attached hydrogens (tertiary/aromatic N) is 3. The molecule has 0 bridgehead atoms. The highest BCUT2D eigenvalue weighted by molar-refractivity contribution is 7.19. The number of rotatable bonds is 3. The van der Waals surface area contributed by atoms with Crippen LogP contribution in [0.5, 0.6) is 0 Å². The highest BCUT2D eigenvalue weighted by atomic mass is 32.1. The first kappa shape index (κ1) is 16.0. The van der Waals surface area contributed by atoms with E-state index in [9.17, 15) is 4.79 Å². The van der Waals surface area contributed by atoms with Crippen LogP contribution in [0.1, 0.15) is 33.6 Å². The van der Waals surface area contributed by atoms with Gasteiger partial charge in [-0.05, 0) is 55.5 Å². The van der Waals surface area contributed by atoms with Crippen LogP contribution in [0.2, 0.25) is 0 Å². The molecule has 0 saturated heterocycles. The van der Waals surface area contributed by atoms with Crippen LogP contribution in [0.15, 0.2) is 30.6 Å². The number of carbonyl (C=O) groups is 1. The second kappa shape index (κ2) is 6.44. The van der Waals surface area contributed by atoms with Crippen LogP contribution in [-0.2, 0) is 12.8 Å². The average molecular weight is 352 g/mol. The van der Waals surface area contributed by atoms with Crippen molar-refractivity contribution in [2.75, 3.05) is 19.4 Å². The van der Waals surface area contributed by atoms with Gasteiger partial charge in [0.05, 0.1) is 5.39 Å². The van der Waals surface area contributed by atoms with Crippen LogP contribution in [0, 0.1) is 0 Å². The predicted molar refractivity (Wildman–Crippen MR) is 102 cm³/mol. The minimum absolute atomic E-state index is 0.00267. The van der Waals surface area contributed by atoms with Crippen LogP contribution in [0.4, 0.5) is 11.5 Å². The molecule has 2 aromatic heterocycles. The molecule has 0 saturated carbocycles. The van der Waals surface area contributed by atoms with Crippen molar-refractivity contribution in [2.45, 2.75) is 25.7 Å². The molecule has 2 heterocycles. The summed E-state index contributed by atoms with van der Waals surface area (Å²) in [6.07, 6.45) is 6.37. The van der Waals surface area contributed by atoms with Crippen molar-refractivity contribution < 1.29 is 4.79 Å². The van der Waals surface area contributed by atoms with Crippen molar-refractivity contribution in [3.63, 3.8) is 0 Å². The van der Waals surface area contributed by atoms with Gasteiger partial charge >= 0.3 is 0 Å². The Hall–Kier alpha value is -2.47. The molecule has 0 fully saturated rings. The zero-order valence-electron chi connectivity index (χ0n) is 14.4. The summed E-state index contributed by atoms with van der Waals surface area (Å²) in [5, 5.41) is 4.57. The zero-order valence-corrected chi connectivity index (χ0v) is 15.2. The molecule has 1 N–H and O–H groups in total. The molecular formula is C19H20N4OS. The molecule has 3 aromatic rings. The molecule has 0 aliphatic heterocycles. The van der Waals surface area contributed by atoms with Gasteiger partial charge in [-0.1, -0.05) is 0 Å². The third kappa shape index (κ3) is 2.98. The maximum Gasteiger partial charge on any atom is 0.253 e. The summed E-state index contributed by atoms with van der Waals surface area (Å²) >= 11 is 1.79. The lowest BCUT2D eigenvalue weighted by atomic mass is 9.97. The second-order valence-electron chi connectivity index (χ2n) is 6.52. The maximum absolute atomic E-state index is 12.0. The number of aromatic nitrogens is 2. The second-order valence-corrected chi connectivity index (χ2v) is 7.60. The Kier molecular flexibility index (Phi) is 4.13. The minimum Gasteiger partial charge on any atom is -0.345 e. The fourth-order valence-electron chi connectivity index (χ4n) is 3.28. The highest BCUT2D eigenvalue weighted by Gasteiger charge is 2.20. The van der Waals surface area contributed by atoms with E-state index >= 15 is 0 Å². The van der Waals surface area contributed by atoms with Crippen LogP contribution < -0.4 is 5.32 Å². The summed E-state index contributed by atoms with van der Waals surface area (Å²) in [5.41, 5.74) is 3.01. The van der Waals surface area contributed by atoms with Gasteiger partial charge in [0.1, 0.15) is 17.0 Å². The lowest BCUT2D eigenvalue weighted by molar-refractivity contribution is 0.0827. The summed E-state index contributed by atoms with van der Waals surface area (Å²) in [4.78, 5) is 25.0. The number of amides is 1. The van der Waals surface area contributed by atoms with Gasteiger partial charge in [0, 0.05) is 30.2 Å². The normalized spacial score (nSPS) is 13.5. The summed E-state index contributed by atoms with van der Waals surface area (Å²) in [5.74, 6) is 0.860. The third-order valence-corrected chi connectivity index (χ3v) is 5.75. The molecular weight excluding hydrogens is 332 g/mol. The molecule has 6 heteroatoms. The molecule has 4 rings (SSSR count). The monoisotopic (exact) mass is 352 g/mol. The largest absolute Gasteiger partial charge is 0.345 e. The van der Waals surface area contributed by atoms with Gasteiger partial charge in [0.25, 0.3) is 5.91 Å². The van der Waals surface area contributed by atoms with E-state index in [-0.39, 0.29) is 5.91 Å². The van der Waals surface area contributed by atoms with E-state index in [0.29, 0.717) is 5.56 Å². The first-order valence-corrected chi connectivity index (χ1v) is 9.29. The van der Waals surface area contributed by atoms with E-state index < -0.39 is 0 Å². The summed E-state index contributed by atoms with van der Waals surface area (Å²) in [7, 11) is 3.51. The number of anilines is 2. The Morgan fingerprint density at radius 1 is 1.12 bits per heavy atom. The number of hydrogen-bond donors (Lipinski definition) is 1. The first-order valence-electron chi connectivity index (χ1n) is 8.47. The molecule has 0 atom stereocenters. The molecule has 5 nitrogen and oxygen atoms in total. The molecule has 0 unspecified atom stereocenters. The predicted octanol–water partition coefficient (Wildman–Crippen LogP) is 4.02. The summed E-state index contributed by atoms with van der Waals surface area (Å²) < 4.78 is 0. The lowest BCUT2D eigenvalue weighted by Gasteiger charge is -2.13. The standard InChI is InChI=1S/C19H20N4OS/c1-23(2)19(24)12-7-9-13(10-8-12)22-17-16-14-5-3-4-6-15(14)25-18(16)21-11-20-17/h7-11H,3-6H2,1-2H3,(H,20,21,22). The molecule has 1 aromatic carbocycles. The molecule has 1 amide bonds. The van der Waals surface area contributed by atoms with Crippen LogP contribution >= 0.6 is 11.3 Å². The number of nitrogens with one attached hydrogen (secondary N) is 1. The third-order valence-electron chi connectivity index (χ3n) is 4.55. The molecule has 25 heavy (non-hydrogen) atoms. The molecule has 1 aliphatic rings. The van der Waals surface area contributed by atoms with E-state index in [1.807, 2.05) is 24.3 Å². The number of fused-ring (bicyclic) bond motifs is 3. The summed E-state index contributed by atoms with van der Waals surface area (Å²) in [6.45, 7) is 0. The van der Waals surface area contributed by atoms with E-state index in [4.69, 9.17) is 0 Å². The quantitative estimate of drug-likeness (QED) is 0.773. The Balaban J connectivity index is 1.67. The van der Waals surface area contributed by atoms with E-state index in [1.165, 1.54) is 23.3 Å². The van der Waals surface area contributed by atoms with Gasteiger partial charge in [-0.25, -0.2) is 9.97 Å². The van der Waals surface area contributed by atoms with Gasteiger partial charge in [0.15, 0.2) is 0 Å². The van der Waals surface area contributed by atoms with Crippen molar-refractivity contribution in [3.8, 4) is 0 Å². The van der Waals surface area contributed by atoms with Crippen molar-refractivity contribution in [2.24, 2.45) is 0 Å². The smallest absolute Gasteiger partial charge is 0.253 e. The van der Waals surface area contributed by atoms with Crippen molar-refractivity contribution >= 4 is 39.0 Å². The van der Waals surface area contributed by atoms with Crippen molar-refractivity contribution in [1.29, 1.82) is 0 Å². The van der Waals surface area contributed by atoms with Gasteiger partial charge in [-0.15, -0.1) is 11.3 Å². The van der Waals surface area contributed by atoms with Gasteiger partial charge in [-0.2, -0.15) is 0 Å². The van der Waals surface area contributed by atoms with Crippen LogP contribution in [-0.4, -0.2) is 34.9 Å². The van der Waals surface area contributed by atoms with Crippen LogP contribution in [0.25, 0.3) is 10.2 Å². The minimum atomic E-state index is 0.00267. The fourth-order valence-corrected chi connectivity index (χ4v) is 4.50. The Morgan fingerprint density at radius 2 is 1.88 bits per heavy atom. The maximum atomic E-state index is 12.0. The number of benzene rings is 1. The van der Waals surface area contributed by atoms with Crippen molar-refractivity contribution in [1.82, 2.24) is 14.9 Å². The Bertz CT molecular complexity index is 930. The van der Waals surface area contributed by atoms with Crippen LogP contribution in [0.3, 0.4) is 0 Å². The van der Waals surface area contributed by atoms with Crippen molar-refractivity contribution in [3.05, 3.63) is 46.6 Å². The van der Waals surface area contributed by atoms with E-state index in [2.05, 4.69) is 15.3 Å². The van der Waals surface area contributed by atoms with E-state index in [0.717, 1.165) is 34.6 Å². The number of aryl methyl sites for hydroxylation is 2. The molecule has 0 radical (unpaired) electrons. The fraction of sp³-hybridized carbons (Fsp3) is 0.316. The first-order chi connectivity index (χ1) is 12.1. The number of carbonyl (C=O) groups excluding carboxylic acids is 1. The van der Waals surface area contributed by atoms with E-state index in [1.54, 1.807) is 36.7 Å². The zero-order chi connectivity index (χ0) is 17.4. The SMILES string of the molecule is CN(C)C(=O)c1ccc(Nc2ncnc3sc4c(c23)CCCC4)cc1. The number of hydrogen-bond acceptors (Lipinski definition) is 5. The average Bonchev–Trinajstić information content (AvgIpc) is 3.01. The Labute approximate surface area is 150 Å². The molecule has 128 valence electrons.